The molecule has 0 aliphatic carbocycles. The van der Waals surface area contributed by atoms with Crippen molar-refractivity contribution in [3.8, 4) is 0 Å². The van der Waals surface area contributed by atoms with Crippen LogP contribution in [0.5, 0.6) is 0 Å². The smallest absolute Gasteiger partial charge is 0.337 e. The molecule has 6 heteroatoms. The molecule has 2 N–H and O–H groups in total. The van der Waals surface area contributed by atoms with Gasteiger partial charge in [0.15, 0.2) is 0 Å². The van der Waals surface area contributed by atoms with Crippen LogP contribution in [0.1, 0.15) is 10.4 Å². The second-order valence-electron chi connectivity index (χ2n) is 4.35. The standard InChI is InChI=1S/C13H17FN2O3/c14-11-3-1-2-10(13(17)18)12(11)15-4-5-16-6-8-19-9-7-16/h1-3,15H,4-9H2,(H,17,18). The molecule has 0 aromatic heterocycles. The first kappa shape index (κ1) is 13.8. The first-order chi connectivity index (χ1) is 9.18. The number of para-hydroxylation sites is 1. The van der Waals surface area contributed by atoms with Crippen molar-refractivity contribution in [1.29, 1.82) is 0 Å². The second-order valence-corrected chi connectivity index (χ2v) is 4.35. The highest BCUT2D eigenvalue weighted by Crippen LogP contribution is 2.19. The fraction of sp³-hybridized carbons (Fsp3) is 0.462. The molecular formula is C13H17FN2O3. The highest BCUT2D eigenvalue weighted by Gasteiger charge is 2.14. The predicted octanol–water partition coefficient (Wildman–Crippen LogP) is 1.27. The molecule has 0 spiro atoms. The van der Waals surface area contributed by atoms with Crippen LogP contribution >= 0.6 is 0 Å². The van der Waals surface area contributed by atoms with E-state index in [0.29, 0.717) is 19.8 Å². The van der Waals surface area contributed by atoms with Gasteiger partial charge in [-0.3, -0.25) is 4.90 Å². The topological polar surface area (TPSA) is 61.8 Å². The molecule has 0 unspecified atom stereocenters. The van der Waals surface area contributed by atoms with Crippen LogP contribution in [-0.2, 0) is 4.74 Å². The molecule has 1 fully saturated rings. The molecule has 104 valence electrons. The number of nitrogens with one attached hydrogen (secondary N) is 1. The van der Waals surface area contributed by atoms with E-state index in [0.717, 1.165) is 19.6 Å². The number of morpholine rings is 1. The number of carbonyl (C=O) groups is 1. The van der Waals surface area contributed by atoms with Gasteiger partial charge >= 0.3 is 5.97 Å². The molecule has 1 aromatic rings. The van der Waals surface area contributed by atoms with E-state index in [1.165, 1.54) is 18.2 Å². The normalized spacial score (nSPS) is 16.3. The van der Waals surface area contributed by atoms with Crippen LogP contribution in [0, 0.1) is 5.82 Å². The van der Waals surface area contributed by atoms with Gasteiger partial charge < -0.3 is 15.2 Å². The summed E-state index contributed by atoms with van der Waals surface area (Å²) < 4.78 is 18.9. The Morgan fingerprint density at radius 1 is 1.42 bits per heavy atom. The van der Waals surface area contributed by atoms with E-state index in [1.54, 1.807) is 0 Å². The molecule has 1 aromatic carbocycles. The Bertz CT molecular complexity index is 448. The van der Waals surface area contributed by atoms with Crippen molar-refractivity contribution >= 4 is 11.7 Å². The van der Waals surface area contributed by atoms with Crippen molar-refractivity contribution in [2.24, 2.45) is 0 Å². The molecule has 1 heterocycles. The summed E-state index contributed by atoms with van der Waals surface area (Å²) in [6.45, 7) is 4.35. The minimum atomic E-state index is -1.13. The number of anilines is 1. The fourth-order valence-electron chi connectivity index (χ4n) is 2.05. The number of ether oxygens (including phenoxy) is 1. The van der Waals surface area contributed by atoms with Gasteiger partial charge in [0.1, 0.15) is 5.82 Å². The van der Waals surface area contributed by atoms with Gasteiger partial charge in [0.05, 0.1) is 24.5 Å². The summed E-state index contributed by atoms with van der Waals surface area (Å²) in [5.41, 5.74) is 0.0187. The molecule has 0 saturated carbocycles. The zero-order valence-electron chi connectivity index (χ0n) is 10.6. The molecule has 1 saturated heterocycles. The molecule has 5 nitrogen and oxygen atoms in total. The third kappa shape index (κ3) is 3.65. The predicted molar refractivity (Wildman–Crippen MR) is 69.1 cm³/mol. The Balaban J connectivity index is 1.93. The lowest BCUT2D eigenvalue weighted by Gasteiger charge is -2.26. The Morgan fingerprint density at radius 3 is 2.84 bits per heavy atom. The van der Waals surface area contributed by atoms with Gasteiger partial charge in [-0.1, -0.05) is 6.07 Å². The van der Waals surface area contributed by atoms with Gasteiger partial charge in [0.2, 0.25) is 0 Å². The Kier molecular flexibility index (Phi) is 4.70. The van der Waals surface area contributed by atoms with E-state index < -0.39 is 11.8 Å². The average molecular weight is 268 g/mol. The van der Waals surface area contributed by atoms with Crippen LogP contribution in [0.15, 0.2) is 18.2 Å². The van der Waals surface area contributed by atoms with E-state index in [4.69, 9.17) is 9.84 Å². The summed E-state index contributed by atoms with van der Waals surface area (Å²) in [6, 6.07) is 4.04. The maximum atomic E-state index is 13.6. The Morgan fingerprint density at radius 2 is 2.16 bits per heavy atom. The molecule has 1 aliphatic rings. The first-order valence-electron chi connectivity index (χ1n) is 6.24. The van der Waals surface area contributed by atoms with Gasteiger partial charge in [0, 0.05) is 26.2 Å². The molecule has 0 radical (unpaired) electrons. The van der Waals surface area contributed by atoms with Crippen LogP contribution in [-0.4, -0.2) is 55.4 Å². The number of carboxylic acids is 1. The highest BCUT2D eigenvalue weighted by atomic mass is 19.1. The first-order valence-corrected chi connectivity index (χ1v) is 6.24. The van der Waals surface area contributed by atoms with Crippen molar-refractivity contribution in [3.05, 3.63) is 29.6 Å². The van der Waals surface area contributed by atoms with Gasteiger partial charge in [-0.2, -0.15) is 0 Å². The summed E-state index contributed by atoms with van der Waals surface area (Å²) in [7, 11) is 0. The van der Waals surface area contributed by atoms with E-state index in [9.17, 15) is 9.18 Å². The molecule has 0 amide bonds. The molecule has 19 heavy (non-hydrogen) atoms. The lowest BCUT2D eigenvalue weighted by atomic mass is 10.1. The van der Waals surface area contributed by atoms with Crippen LogP contribution < -0.4 is 5.32 Å². The van der Waals surface area contributed by atoms with E-state index in [1.807, 2.05) is 0 Å². The van der Waals surface area contributed by atoms with Crippen LogP contribution in [0.2, 0.25) is 0 Å². The summed E-state index contributed by atoms with van der Waals surface area (Å²) in [4.78, 5) is 13.2. The SMILES string of the molecule is O=C(O)c1cccc(F)c1NCCN1CCOCC1. The lowest BCUT2D eigenvalue weighted by molar-refractivity contribution is 0.0398. The van der Waals surface area contributed by atoms with E-state index in [2.05, 4.69) is 10.2 Å². The maximum absolute atomic E-state index is 13.6. The van der Waals surface area contributed by atoms with Gasteiger partial charge in [-0.25, -0.2) is 9.18 Å². The van der Waals surface area contributed by atoms with Gasteiger partial charge in [0.25, 0.3) is 0 Å². The van der Waals surface area contributed by atoms with Gasteiger partial charge in [-0.05, 0) is 12.1 Å². The van der Waals surface area contributed by atoms with Crippen molar-refractivity contribution in [2.75, 3.05) is 44.7 Å². The maximum Gasteiger partial charge on any atom is 0.337 e. The van der Waals surface area contributed by atoms with E-state index >= 15 is 0 Å². The average Bonchev–Trinajstić information content (AvgIpc) is 2.41. The molecule has 0 bridgehead atoms. The number of carboxylic acid groups (broad SMARTS) is 1. The number of benzene rings is 1. The summed E-state index contributed by atoms with van der Waals surface area (Å²) >= 11 is 0. The largest absolute Gasteiger partial charge is 0.478 e. The van der Waals surface area contributed by atoms with Crippen molar-refractivity contribution < 1.29 is 19.0 Å². The van der Waals surface area contributed by atoms with Crippen LogP contribution in [0.25, 0.3) is 0 Å². The third-order valence-corrected chi connectivity index (χ3v) is 3.08. The minimum absolute atomic E-state index is 0.0398. The number of hydrogen-bond donors (Lipinski definition) is 2. The second kappa shape index (κ2) is 6.49. The minimum Gasteiger partial charge on any atom is -0.478 e. The Labute approximate surface area is 111 Å². The van der Waals surface area contributed by atoms with Crippen molar-refractivity contribution in [3.63, 3.8) is 0 Å². The summed E-state index contributed by atoms with van der Waals surface area (Å²) in [6.07, 6.45) is 0. The van der Waals surface area contributed by atoms with E-state index in [-0.39, 0.29) is 11.3 Å². The quantitative estimate of drug-likeness (QED) is 0.842. The van der Waals surface area contributed by atoms with Crippen molar-refractivity contribution in [2.45, 2.75) is 0 Å². The summed E-state index contributed by atoms with van der Waals surface area (Å²) in [5, 5.41) is 11.9. The molecular weight excluding hydrogens is 251 g/mol. The fourth-order valence-corrected chi connectivity index (χ4v) is 2.05. The number of rotatable bonds is 5. The molecule has 0 atom stereocenters. The molecule has 2 rings (SSSR count). The van der Waals surface area contributed by atoms with Crippen molar-refractivity contribution in [1.82, 2.24) is 4.90 Å². The summed E-state index contributed by atoms with van der Waals surface area (Å²) in [5.74, 6) is -1.67. The monoisotopic (exact) mass is 268 g/mol. The number of hydrogen-bond acceptors (Lipinski definition) is 4. The van der Waals surface area contributed by atoms with Crippen LogP contribution in [0.3, 0.4) is 0 Å². The zero-order chi connectivity index (χ0) is 13.7. The van der Waals surface area contributed by atoms with Crippen LogP contribution in [0.4, 0.5) is 10.1 Å². The molecule has 1 aliphatic heterocycles. The Hall–Kier alpha value is -1.66. The highest BCUT2D eigenvalue weighted by molar-refractivity contribution is 5.94. The van der Waals surface area contributed by atoms with Gasteiger partial charge in [-0.15, -0.1) is 0 Å². The number of nitrogens with zero attached hydrogens (tertiary/aromatic N) is 1. The number of aromatic carboxylic acids is 1. The third-order valence-electron chi connectivity index (χ3n) is 3.08. The zero-order valence-corrected chi connectivity index (χ0v) is 10.6. The lowest BCUT2D eigenvalue weighted by Crippen LogP contribution is -2.39. The number of halogens is 1.